The minimum atomic E-state index is -3.68. The standard InChI is InChI=1S/C21H17F2N5O3S/c1-26(2)32(30,31)16-5-3-4-15(13-16)27-11-9-20(29)21(25-27)18-8-10-24-28(18)19-12-14(22)6-7-17(19)23/h3-13H,1-2H3. The Kier molecular flexibility index (Phi) is 5.45. The van der Waals surface area contributed by atoms with Crippen LogP contribution in [-0.2, 0) is 10.0 Å². The predicted molar refractivity (Wildman–Crippen MR) is 113 cm³/mol. The second kappa shape index (κ2) is 8.09. The molecule has 4 aromatic rings. The molecule has 0 aliphatic rings. The van der Waals surface area contributed by atoms with Gasteiger partial charge in [-0.25, -0.2) is 30.9 Å². The Hall–Kier alpha value is -3.70. The Labute approximate surface area is 182 Å². The highest BCUT2D eigenvalue weighted by Gasteiger charge is 2.19. The van der Waals surface area contributed by atoms with Crippen molar-refractivity contribution >= 4 is 10.0 Å². The molecule has 0 fully saturated rings. The van der Waals surface area contributed by atoms with Crippen LogP contribution in [0.3, 0.4) is 0 Å². The molecule has 2 heterocycles. The van der Waals surface area contributed by atoms with E-state index in [4.69, 9.17) is 0 Å². The van der Waals surface area contributed by atoms with Crippen molar-refractivity contribution in [3.63, 3.8) is 0 Å². The van der Waals surface area contributed by atoms with E-state index < -0.39 is 27.1 Å². The maximum atomic E-state index is 14.3. The molecule has 0 saturated heterocycles. The van der Waals surface area contributed by atoms with Gasteiger partial charge in [-0.3, -0.25) is 4.79 Å². The second-order valence-corrected chi connectivity index (χ2v) is 9.13. The van der Waals surface area contributed by atoms with Gasteiger partial charge >= 0.3 is 0 Å². The van der Waals surface area contributed by atoms with Crippen molar-refractivity contribution in [1.29, 1.82) is 0 Å². The Morgan fingerprint density at radius 3 is 2.53 bits per heavy atom. The zero-order valence-electron chi connectivity index (χ0n) is 17.0. The monoisotopic (exact) mass is 457 g/mol. The lowest BCUT2D eigenvalue weighted by molar-refractivity contribution is 0.520. The lowest BCUT2D eigenvalue weighted by Crippen LogP contribution is -2.22. The van der Waals surface area contributed by atoms with E-state index in [1.807, 2.05) is 0 Å². The summed E-state index contributed by atoms with van der Waals surface area (Å²) in [6, 6.07) is 11.6. The van der Waals surface area contributed by atoms with Gasteiger partial charge in [-0.15, -0.1) is 0 Å². The van der Waals surface area contributed by atoms with Gasteiger partial charge in [-0.2, -0.15) is 10.2 Å². The number of benzene rings is 2. The van der Waals surface area contributed by atoms with Gasteiger partial charge in [0.15, 0.2) is 5.69 Å². The van der Waals surface area contributed by atoms with Gasteiger partial charge in [0, 0.05) is 32.4 Å². The molecule has 0 N–H and O–H groups in total. The molecule has 0 saturated carbocycles. The summed E-state index contributed by atoms with van der Waals surface area (Å²) in [5, 5.41) is 8.32. The molecule has 32 heavy (non-hydrogen) atoms. The first kappa shape index (κ1) is 21.5. The van der Waals surface area contributed by atoms with E-state index in [2.05, 4.69) is 10.2 Å². The van der Waals surface area contributed by atoms with Gasteiger partial charge in [0.25, 0.3) is 0 Å². The molecule has 164 valence electrons. The lowest BCUT2D eigenvalue weighted by atomic mass is 10.2. The van der Waals surface area contributed by atoms with Crippen molar-refractivity contribution in [2.24, 2.45) is 0 Å². The molecule has 0 bridgehead atoms. The normalized spacial score (nSPS) is 11.8. The smallest absolute Gasteiger partial charge is 0.242 e. The third kappa shape index (κ3) is 3.83. The molecule has 2 aromatic carbocycles. The SMILES string of the molecule is CN(C)S(=O)(=O)c1cccc(-n2ccc(=O)c(-c3ccnn3-c3cc(F)ccc3F)n2)c1. The van der Waals surface area contributed by atoms with Crippen LogP contribution in [0.4, 0.5) is 8.78 Å². The van der Waals surface area contributed by atoms with E-state index in [0.29, 0.717) is 5.69 Å². The average Bonchev–Trinajstić information content (AvgIpc) is 3.25. The van der Waals surface area contributed by atoms with Crippen molar-refractivity contribution < 1.29 is 17.2 Å². The lowest BCUT2D eigenvalue weighted by Gasteiger charge is -2.13. The molecule has 0 spiro atoms. The number of hydrogen-bond acceptors (Lipinski definition) is 5. The Balaban J connectivity index is 1.85. The van der Waals surface area contributed by atoms with E-state index >= 15 is 0 Å². The van der Waals surface area contributed by atoms with Gasteiger partial charge < -0.3 is 0 Å². The zero-order valence-corrected chi connectivity index (χ0v) is 17.8. The van der Waals surface area contributed by atoms with Crippen LogP contribution in [0, 0.1) is 11.6 Å². The molecule has 0 atom stereocenters. The summed E-state index contributed by atoms with van der Waals surface area (Å²) >= 11 is 0. The molecule has 0 unspecified atom stereocenters. The van der Waals surface area contributed by atoms with E-state index in [0.717, 1.165) is 27.2 Å². The fourth-order valence-corrected chi connectivity index (χ4v) is 3.99. The molecule has 11 heteroatoms. The van der Waals surface area contributed by atoms with Crippen molar-refractivity contribution in [2.75, 3.05) is 14.1 Å². The van der Waals surface area contributed by atoms with E-state index in [9.17, 15) is 22.0 Å². The molecule has 0 aliphatic carbocycles. The van der Waals surface area contributed by atoms with E-state index in [1.165, 1.54) is 55.4 Å². The summed E-state index contributed by atoms with van der Waals surface area (Å²) in [6.07, 6.45) is 2.72. The van der Waals surface area contributed by atoms with Gasteiger partial charge in [-0.05, 0) is 36.4 Å². The molecule has 4 rings (SSSR count). The number of halogens is 2. The summed E-state index contributed by atoms with van der Waals surface area (Å²) < 4.78 is 56.4. The van der Waals surface area contributed by atoms with Crippen LogP contribution in [0.15, 0.2) is 76.7 Å². The van der Waals surface area contributed by atoms with Crippen LogP contribution in [0.25, 0.3) is 22.8 Å². The number of sulfonamides is 1. The van der Waals surface area contributed by atoms with E-state index in [1.54, 1.807) is 12.1 Å². The van der Waals surface area contributed by atoms with Crippen molar-refractivity contribution in [1.82, 2.24) is 23.9 Å². The topological polar surface area (TPSA) is 90.1 Å². The minimum absolute atomic E-state index is 0.0499. The highest BCUT2D eigenvalue weighted by Crippen LogP contribution is 2.22. The first-order valence-corrected chi connectivity index (χ1v) is 10.8. The number of nitrogens with zero attached hydrogens (tertiary/aromatic N) is 5. The maximum Gasteiger partial charge on any atom is 0.242 e. The third-order valence-electron chi connectivity index (χ3n) is 4.69. The second-order valence-electron chi connectivity index (χ2n) is 6.98. The number of rotatable bonds is 5. The molecule has 0 radical (unpaired) electrons. The van der Waals surface area contributed by atoms with Crippen LogP contribution in [0.5, 0.6) is 0 Å². The van der Waals surface area contributed by atoms with Crippen LogP contribution < -0.4 is 5.43 Å². The largest absolute Gasteiger partial charge is 0.287 e. The summed E-state index contributed by atoms with van der Waals surface area (Å²) in [6.45, 7) is 0. The first-order chi connectivity index (χ1) is 15.2. The van der Waals surface area contributed by atoms with Gasteiger partial charge in [0.1, 0.15) is 17.3 Å². The van der Waals surface area contributed by atoms with Crippen LogP contribution in [0.1, 0.15) is 0 Å². The fraction of sp³-hybridized carbons (Fsp3) is 0.0952. The van der Waals surface area contributed by atoms with Gasteiger partial charge in [0.05, 0.1) is 22.5 Å². The highest BCUT2D eigenvalue weighted by atomic mass is 32.2. The quantitative estimate of drug-likeness (QED) is 0.460. The Bertz CT molecular complexity index is 1480. The molecule has 0 aliphatic heterocycles. The minimum Gasteiger partial charge on any atom is -0.287 e. The van der Waals surface area contributed by atoms with Crippen LogP contribution >= 0.6 is 0 Å². The third-order valence-corrected chi connectivity index (χ3v) is 6.50. The molecular weight excluding hydrogens is 440 g/mol. The number of hydrogen-bond donors (Lipinski definition) is 0. The summed E-state index contributed by atoms with van der Waals surface area (Å²) in [7, 11) is -0.839. The van der Waals surface area contributed by atoms with Crippen LogP contribution in [-0.4, -0.2) is 46.4 Å². The molecule has 0 amide bonds. The fourth-order valence-electron chi connectivity index (χ4n) is 3.05. The zero-order chi connectivity index (χ0) is 23.0. The molecule has 8 nitrogen and oxygen atoms in total. The summed E-state index contributed by atoms with van der Waals surface area (Å²) in [5.41, 5.74) is -0.199. The van der Waals surface area contributed by atoms with Gasteiger partial charge in [-0.1, -0.05) is 6.07 Å². The van der Waals surface area contributed by atoms with Crippen molar-refractivity contribution in [2.45, 2.75) is 4.90 Å². The average molecular weight is 457 g/mol. The summed E-state index contributed by atoms with van der Waals surface area (Å²) in [5.74, 6) is -1.39. The van der Waals surface area contributed by atoms with E-state index in [-0.39, 0.29) is 22.0 Å². The van der Waals surface area contributed by atoms with Crippen molar-refractivity contribution in [3.05, 3.63) is 88.8 Å². The predicted octanol–water partition coefficient (Wildman–Crippen LogP) is 2.61. The number of aromatic nitrogens is 4. The first-order valence-electron chi connectivity index (χ1n) is 9.31. The van der Waals surface area contributed by atoms with Crippen LogP contribution in [0.2, 0.25) is 0 Å². The Morgan fingerprint density at radius 1 is 1.00 bits per heavy atom. The molecular formula is C21H17F2N5O3S. The van der Waals surface area contributed by atoms with Gasteiger partial charge in [0.2, 0.25) is 15.5 Å². The molecule has 2 aromatic heterocycles. The Morgan fingerprint density at radius 2 is 1.78 bits per heavy atom. The maximum absolute atomic E-state index is 14.3. The highest BCUT2D eigenvalue weighted by molar-refractivity contribution is 7.89. The summed E-state index contributed by atoms with van der Waals surface area (Å²) in [4.78, 5) is 12.6. The van der Waals surface area contributed by atoms with Crippen molar-refractivity contribution in [3.8, 4) is 22.8 Å².